The van der Waals surface area contributed by atoms with Gasteiger partial charge < -0.3 is 9.42 Å². The Morgan fingerprint density at radius 1 is 1.11 bits per heavy atom. The van der Waals surface area contributed by atoms with Gasteiger partial charge in [-0.25, -0.2) is 4.39 Å². The molecule has 2 fully saturated rings. The third-order valence-corrected chi connectivity index (χ3v) is 5.48. The van der Waals surface area contributed by atoms with Gasteiger partial charge in [0.25, 0.3) is 5.89 Å². The summed E-state index contributed by atoms with van der Waals surface area (Å²) in [5, 5.41) is 3.86. The first-order chi connectivity index (χ1) is 13.1. The molecular formula is C20H25FN4O2. The summed E-state index contributed by atoms with van der Waals surface area (Å²) in [5.74, 6) is 0.326. The van der Waals surface area contributed by atoms with E-state index in [1.54, 1.807) is 4.90 Å². The van der Waals surface area contributed by atoms with Crippen molar-refractivity contribution in [2.45, 2.75) is 37.8 Å². The SMILES string of the molecule is O=C(CN1CCCCCC1)N1CCC(F)(c2noc(-c3ccccc3)n2)C1. The van der Waals surface area contributed by atoms with Crippen LogP contribution in [0.1, 0.15) is 37.9 Å². The van der Waals surface area contributed by atoms with Crippen LogP contribution in [0, 0.1) is 0 Å². The van der Waals surface area contributed by atoms with Gasteiger partial charge in [-0.1, -0.05) is 36.2 Å². The van der Waals surface area contributed by atoms with Crippen LogP contribution in [0.25, 0.3) is 11.5 Å². The number of rotatable bonds is 4. The number of carbonyl (C=O) groups excluding carboxylic acids is 1. The molecule has 1 aromatic heterocycles. The van der Waals surface area contributed by atoms with Crippen molar-refractivity contribution in [1.82, 2.24) is 19.9 Å². The number of benzene rings is 1. The lowest BCUT2D eigenvalue weighted by Gasteiger charge is -2.24. The van der Waals surface area contributed by atoms with Gasteiger partial charge in [-0.2, -0.15) is 4.98 Å². The summed E-state index contributed by atoms with van der Waals surface area (Å²) in [6, 6.07) is 9.30. The second-order valence-electron chi connectivity index (χ2n) is 7.51. The molecule has 2 aromatic rings. The third kappa shape index (κ3) is 4.03. The fraction of sp³-hybridized carbons (Fsp3) is 0.550. The first kappa shape index (κ1) is 18.1. The number of likely N-dealkylation sites (tertiary alicyclic amines) is 2. The summed E-state index contributed by atoms with van der Waals surface area (Å²) in [5.41, 5.74) is -0.989. The Labute approximate surface area is 158 Å². The molecule has 0 N–H and O–H groups in total. The minimum atomic E-state index is -1.75. The van der Waals surface area contributed by atoms with Gasteiger partial charge in [0.2, 0.25) is 11.7 Å². The molecule has 2 saturated heterocycles. The maximum Gasteiger partial charge on any atom is 0.258 e. The molecule has 3 heterocycles. The predicted octanol–water partition coefficient (Wildman–Crippen LogP) is 3.01. The van der Waals surface area contributed by atoms with Crippen LogP contribution in [0.15, 0.2) is 34.9 Å². The average Bonchev–Trinajstić information content (AvgIpc) is 3.26. The van der Waals surface area contributed by atoms with Gasteiger partial charge in [0, 0.05) is 18.5 Å². The van der Waals surface area contributed by atoms with E-state index in [2.05, 4.69) is 15.0 Å². The lowest BCUT2D eigenvalue weighted by molar-refractivity contribution is -0.132. The van der Waals surface area contributed by atoms with Crippen molar-refractivity contribution in [2.75, 3.05) is 32.7 Å². The summed E-state index contributed by atoms with van der Waals surface area (Å²) >= 11 is 0. The van der Waals surface area contributed by atoms with Crippen molar-refractivity contribution in [1.29, 1.82) is 0 Å². The van der Waals surface area contributed by atoms with Gasteiger partial charge >= 0.3 is 0 Å². The summed E-state index contributed by atoms with van der Waals surface area (Å²) in [6.07, 6.45) is 4.91. The van der Waals surface area contributed by atoms with Crippen molar-refractivity contribution in [2.24, 2.45) is 0 Å². The zero-order valence-electron chi connectivity index (χ0n) is 15.4. The second kappa shape index (κ2) is 7.76. The predicted molar refractivity (Wildman–Crippen MR) is 98.6 cm³/mol. The van der Waals surface area contributed by atoms with E-state index in [0.717, 1.165) is 31.5 Å². The van der Waals surface area contributed by atoms with Crippen molar-refractivity contribution in [3.05, 3.63) is 36.2 Å². The molecule has 1 unspecified atom stereocenters. The molecule has 1 aromatic carbocycles. The molecule has 0 bridgehead atoms. The molecule has 2 aliphatic rings. The summed E-state index contributed by atoms with van der Waals surface area (Å²) in [7, 11) is 0. The van der Waals surface area contributed by atoms with Crippen LogP contribution in [-0.4, -0.2) is 58.6 Å². The van der Waals surface area contributed by atoms with Gasteiger partial charge in [0.05, 0.1) is 13.1 Å². The van der Waals surface area contributed by atoms with Gasteiger partial charge in [-0.05, 0) is 38.1 Å². The number of nitrogens with zero attached hydrogens (tertiary/aromatic N) is 4. The van der Waals surface area contributed by atoms with Crippen LogP contribution in [-0.2, 0) is 10.5 Å². The number of halogens is 1. The summed E-state index contributed by atoms with van der Waals surface area (Å²) < 4.78 is 20.7. The van der Waals surface area contributed by atoms with E-state index in [1.807, 2.05) is 30.3 Å². The van der Waals surface area contributed by atoms with Crippen LogP contribution in [0.2, 0.25) is 0 Å². The zero-order valence-corrected chi connectivity index (χ0v) is 15.4. The Hall–Kier alpha value is -2.28. The Morgan fingerprint density at radius 3 is 2.59 bits per heavy atom. The van der Waals surface area contributed by atoms with E-state index in [-0.39, 0.29) is 24.7 Å². The lowest BCUT2D eigenvalue weighted by Crippen LogP contribution is -2.40. The van der Waals surface area contributed by atoms with Gasteiger partial charge in [0.1, 0.15) is 0 Å². The highest BCUT2D eigenvalue weighted by atomic mass is 19.1. The van der Waals surface area contributed by atoms with Crippen LogP contribution in [0.4, 0.5) is 4.39 Å². The van der Waals surface area contributed by atoms with Crippen molar-refractivity contribution in [3.8, 4) is 11.5 Å². The Balaban J connectivity index is 1.40. The lowest BCUT2D eigenvalue weighted by atomic mass is 10.1. The van der Waals surface area contributed by atoms with E-state index in [4.69, 9.17) is 4.52 Å². The Morgan fingerprint density at radius 2 is 1.85 bits per heavy atom. The molecule has 0 aliphatic carbocycles. The molecule has 144 valence electrons. The molecule has 7 heteroatoms. The molecule has 0 saturated carbocycles. The fourth-order valence-electron chi connectivity index (χ4n) is 3.86. The number of carbonyl (C=O) groups is 1. The maximum absolute atomic E-state index is 15.4. The standard InChI is InChI=1S/C20H25FN4O2/c21-20(19-22-18(27-23-19)16-8-4-3-5-9-16)10-13-25(15-20)17(26)14-24-11-6-1-2-7-12-24/h3-5,8-9H,1-2,6-7,10-15H2. The largest absolute Gasteiger partial charge is 0.338 e. The molecule has 4 rings (SSSR count). The Bertz CT molecular complexity index is 773. The first-order valence-corrected chi connectivity index (χ1v) is 9.73. The van der Waals surface area contributed by atoms with Crippen LogP contribution in [0.3, 0.4) is 0 Å². The van der Waals surface area contributed by atoms with Crippen molar-refractivity contribution in [3.63, 3.8) is 0 Å². The summed E-state index contributed by atoms with van der Waals surface area (Å²) in [4.78, 5) is 20.7. The van der Waals surface area contributed by atoms with E-state index < -0.39 is 5.67 Å². The monoisotopic (exact) mass is 372 g/mol. The number of aromatic nitrogens is 2. The highest BCUT2D eigenvalue weighted by Gasteiger charge is 2.45. The van der Waals surface area contributed by atoms with Crippen LogP contribution < -0.4 is 0 Å². The highest BCUT2D eigenvalue weighted by Crippen LogP contribution is 2.35. The number of hydrogen-bond acceptors (Lipinski definition) is 5. The van der Waals surface area contributed by atoms with Crippen LogP contribution in [0.5, 0.6) is 0 Å². The maximum atomic E-state index is 15.4. The zero-order chi connectivity index (χ0) is 18.7. The summed E-state index contributed by atoms with van der Waals surface area (Å²) in [6.45, 7) is 2.65. The van der Waals surface area contributed by atoms with Crippen molar-refractivity contribution < 1.29 is 13.7 Å². The molecule has 27 heavy (non-hydrogen) atoms. The molecule has 1 atom stereocenters. The van der Waals surface area contributed by atoms with E-state index in [1.165, 1.54) is 12.8 Å². The number of alkyl halides is 1. The number of hydrogen-bond donors (Lipinski definition) is 0. The molecule has 6 nitrogen and oxygen atoms in total. The second-order valence-corrected chi connectivity index (χ2v) is 7.51. The van der Waals surface area contributed by atoms with Gasteiger partial charge in [-0.15, -0.1) is 0 Å². The quantitative estimate of drug-likeness (QED) is 0.826. The molecular weight excluding hydrogens is 347 g/mol. The number of amides is 1. The Kier molecular flexibility index (Phi) is 5.20. The fourth-order valence-corrected chi connectivity index (χ4v) is 3.86. The molecule has 2 aliphatic heterocycles. The van der Waals surface area contributed by atoms with E-state index in [0.29, 0.717) is 19.0 Å². The third-order valence-electron chi connectivity index (χ3n) is 5.48. The normalized spacial score (nSPS) is 24.1. The van der Waals surface area contributed by atoms with Gasteiger partial charge in [-0.3, -0.25) is 9.69 Å². The minimum Gasteiger partial charge on any atom is -0.338 e. The van der Waals surface area contributed by atoms with E-state index >= 15 is 4.39 Å². The molecule has 0 radical (unpaired) electrons. The minimum absolute atomic E-state index is 0.00651. The molecule has 1 amide bonds. The molecule has 0 spiro atoms. The van der Waals surface area contributed by atoms with E-state index in [9.17, 15) is 4.79 Å². The van der Waals surface area contributed by atoms with Crippen molar-refractivity contribution >= 4 is 5.91 Å². The average molecular weight is 372 g/mol. The smallest absolute Gasteiger partial charge is 0.258 e. The highest BCUT2D eigenvalue weighted by molar-refractivity contribution is 5.78. The van der Waals surface area contributed by atoms with Crippen LogP contribution >= 0.6 is 0 Å². The topological polar surface area (TPSA) is 62.5 Å². The first-order valence-electron chi connectivity index (χ1n) is 9.73. The van der Waals surface area contributed by atoms with Gasteiger partial charge in [0.15, 0.2) is 5.67 Å².